The first kappa shape index (κ1) is 15.9. The van der Waals surface area contributed by atoms with Crippen LogP contribution in [0.2, 0.25) is 10.0 Å². The third-order valence-corrected chi connectivity index (χ3v) is 4.30. The van der Waals surface area contributed by atoms with Gasteiger partial charge < -0.3 is 0 Å². The molecule has 3 aromatic rings. The van der Waals surface area contributed by atoms with E-state index in [4.69, 9.17) is 23.2 Å². The fraction of sp³-hybridized carbons (Fsp3) is 0.118. The second-order valence-electron chi connectivity index (χ2n) is 5.46. The monoisotopic (exact) mass is 370 g/mol. The Morgan fingerprint density at radius 3 is 2.80 bits per heavy atom. The molecule has 0 bridgehead atoms. The fourth-order valence-electron chi connectivity index (χ4n) is 2.52. The zero-order valence-electron chi connectivity index (χ0n) is 13.0. The van der Waals surface area contributed by atoms with Gasteiger partial charge in [-0.1, -0.05) is 35.3 Å². The number of allylic oxidation sites excluding steroid dienone is 1. The number of rotatable bonds is 3. The molecule has 124 valence electrons. The molecule has 0 saturated carbocycles. The van der Waals surface area contributed by atoms with Crippen molar-refractivity contribution in [2.75, 3.05) is 0 Å². The number of nitrogens with zero attached hydrogens (tertiary/aromatic N) is 6. The van der Waals surface area contributed by atoms with Gasteiger partial charge >= 0.3 is 0 Å². The number of hydrogen-bond donors (Lipinski definition) is 0. The van der Waals surface area contributed by atoms with E-state index in [-0.39, 0.29) is 0 Å². The third kappa shape index (κ3) is 3.31. The van der Waals surface area contributed by atoms with Crippen molar-refractivity contribution in [1.82, 2.24) is 25.2 Å². The first-order chi connectivity index (χ1) is 12.2. The molecule has 1 aliphatic heterocycles. The minimum absolute atomic E-state index is 0.527. The summed E-state index contributed by atoms with van der Waals surface area (Å²) in [5.74, 6) is 0.527. The summed E-state index contributed by atoms with van der Waals surface area (Å²) in [4.78, 5) is 10.0. The van der Waals surface area contributed by atoms with Gasteiger partial charge in [0.05, 0.1) is 11.9 Å². The topological polar surface area (TPSA) is 68.8 Å². The molecule has 0 aliphatic carbocycles. The molecular weight excluding hydrogens is 359 g/mol. The van der Waals surface area contributed by atoms with Gasteiger partial charge in [-0.15, -0.1) is 15.0 Å². The van der Waals surface area contributed by atoms with Crippen LogP contribution >= 0.6 is 23.2 Å². The van der Waals surface area contributed by atoms with Gasteiger partial charge in [-0.05, 0) is 36.3 Å². The third-order valence-electron chi connectivity index (χ3n) is 3.75. The van der Waals surface area contributed by atoms with Crippen molar-refractivity contribution in [3.05, 3.63) is 64.8 Å². The van der Waals surface area contributed by atoms with Crippen LogP contribution in [0.5, 0.6) is 0 Å². The first-order valence-corrected chi connectivity index (χ1v) is 8.39. The second kappa shape index (κ2) is 6.74. The number of aromatic nitrogens is 5. The maximum atomic E-state index is 6.28. The lowest BCUT2D eigenvalue weighted by Gasteiger charge is -2.06. The van der Waals surface area contributed by atoms with Crippen molar-refractivity contribution in [1.29, 1.82) is 0 Å². The van der Waals surface area contributed by atoms with Crippen molar-refractivity contribution >= 4 is 28.9 Å². The fourth-order valence-corrected chi connectivity index (χ4v) is 3.04. The van der Waals surface area contributed by atoms with Crippen LogP contribution in [0.1, 0.15) is 18.7 Å². The van der Waals surface area contributed by atoms with Crippen molar-refractivity contribution < 1.29 is 0 Å². The normalized spacial score (nSPS) is 13.8. The lowest BCUT2D eigenvalue weighted by Crippen LogP contribution is -2.06. The average molecular weight is 371 g/mol. The van der Waals surface area contributed by atoms with Gasteiger partial charge in [0.25, 0.3) is 0 Å². The lowest BCUT2D eigenvalue weighted by atomic mass is 10.1. The molecule has 3 heterocycles. The number of hydrogen-bond acceptors (Lipinski definition) is 5. The Hall–Kier alpha value is -2.57. The number of aliphatic imine (C=N–C) groups is 1. The first-order valence-electron chi connectivity index (χ1n) is 7.63. The van der Waals surface area contributed by atoms with E-state index < -0.39 is 0 Å². The Bertz CT molecular complexity index is 992. The van der Waals surface area contributed by atoms with Crippen molar-refractivity contribution in [3.8, 4) is 16.8 Å². The molecule has 1 aromatic carbocycles. The van der Waals surface area contributed by atoms with E-state index in [9.17, 15) is 0 Å². The zero-order chi connectivity index (χ0) is 17.2. The molecule has 8 heteroatoms. The summed E-state index contributed by atoms with van der Waals surface area (Å²) < 4.78 is 0. The van der Waals surface area contributed by atoms with Crippen LogP contribution in [0.4, 0.5) is 0 Å². The standard InChI is InChI=1S/C17H12Cl2N6/c18-12-4-5-14(15(19)8-12)11-7-13(10-20-9-11)25-23-17(22-24-25)16-3-1-2-6-21-16/h2,4-10H,1,3H2. The van der Waals surface area contributed by atoms with Gasteiger partial charge in [-0.3, -0.25) is 9.98 Å². The summed E-state index contributed by atoms with van der Waals surface area (Å²) in [6, 6.07) is 7.24. The molecule has 6 nitrogen and oxygen atoms in total. The SMILES string of the molecule is Clc1ccc(-c2cncc(-n3nnc(C4=NC=CCC4)n3)c2)c(Cl)c1. The minimum atomic E-state index is 0.527. The van der Waals surface area contributed by atoms with Gasteiger partial charge in [0, 0.05) is 33.6 Å². The van der Waals surface area contributed by atoms with E-state index >= 15 is 0 Å². The van der Waals surface area contributed by atoms with Crippen LogP contribution in [0.15, 0.2) is 53.9 Å². The van der Waals surface area contributed by atoms with Crippen molar-refractivity contribution in [3.63, 3.8) is 0 Å². The summed E-state index contributed by atoms with van der Waals surface area (Å²) in [7, 11) is 0. The average Bonchev–Trinajstić information content (AvgIpc) is 3.13. The summed E-state index contributed by atoms with van der Waals surface area (Å²) in [5.41, 5.74) is 3.20. The maximum Gasteiger partial charge on any atom is 0.219 e. The number of pyridine rings is 1. The Morgan fingerprint density at radius 1 is 1.08 bits per heavy atom. The second-order valence-corrected chi connectivity index (χ2v) is 6.30. The van der Waals surface area contributed by atoms with E-state index in [1.54, 1.807) is 30.7 Å². The largest absolute Gasteiger partial charge is 0.262 e. The molecule has 2 aromatic heterocycles. The Labute approximate surface area is 153 Å². The van der Waals surface area contributed by atoms with E-state index in [2.05, 4.69) is 25.4 Å². The Morgan fingerprint density at radius 2 is 2.00 bits per heavy atom. The number of halogens is 2. The van der Waals surface area contributed by atoms with Gasteiger partial charge in [-0.2, -0.15) is 0 Å². The molecule has 0 radical (unpaired) electrons. The predicted octanol–water partition coefficient (Wildman–Crippen LogP) is 4.13. The van der Waals surface area contributed by atoms with Crippen LogP contribution in [0, 0.1) is 0 Å². The van der Waals surface area contributed by atoms with Crippen LogP contribution in [-0.4, -0.2) is 30.9 Å². The highest BCUT2D eigenvalue weighted by Crippen LogP contribution is 2.30. The molecule has 0 spiro atoms. The van der Waals surface area contributed by atoms with E-state index in [0.717, 1.165) is 29.7 Å². The van der Waals surface area contributed by atoms with Crippen molar-refractivity contribution in [2.24, 2.45) is 4.99 Å². The Balaban J connectivity index is 1.69. The highest BCUT2D eigenvalue weighted by atomic mass is 35.5. The molecule has 0 fully saturated rings. The Kier molecular flexibility index (Phi) is 4.29. The van der Waals surface area contributed by atoms with Gasteiger partial charge in [0.1, 0.15) is 5.69 Å². The quantitative estimate of drug-likeness (QED) is 0.694. The predicted molar refractivity (Wildman–Crippen MR) is 97.3 cm³/mol. The summed E-state index contributed by atoms with van der Waals surface area (Å²) in [5, 5.41) is 13.8. The van der Waals surface area contributed by atoms with Crippen molar-refractivity contribution in [2.45, 2.75) is 12.8 Å². The van der Waals surface area contributed by atoms with Crippen LogP contribution in [0.3, 0.4) is 0 Å². The molecule has 4 rings (SSSR count). The van der Waals surface area contributed by atoms with Gasteiger partial charge in [0.15, 0.2) is 0 Å². The van der Waals surface area contributed by atoms with E-state index in [1.807, 2.05) is 18.2 Å². The molecule has 0 N–H and O–H groups in total. The zero-order valence-corrected chi connectivity index (χ0v) is 14.5. The number of benzene rings is 1. The molecule has 1 aliphatic rings. The molecule has 0 saturated heterocycles. The molecule has 0 unspecified atom stereocenters. The molecule has 0 atom stereocenters. The molecule has 25 heavy (non-hydrogen) atoms. The van der Waals surface area contributed by atoms with E-state index in [0.29, 0.717) is 21.6 Å². The maximum absolute atomic E-state index is 6.28. The smallest absolute Gasteiger partial charge is 0.219 e. The lowest BCUT2D eigenvalue weighted by molar-refractivity contribution is 0.717. The van der Waals surface area contributed by atoms with Crippen LogP contribution < -0.4 is 0 Å². The highest BCUT2D eigenvalue weighted by molar-refractivity contribution is 6.36. The highest BCUT2D eigenvalue weighted by Gasteiger charge is 2.13. The van der Waals surface area contributed by atoms with E-state index in [1.165, 1.54) is 4.80 Å². The number of tetrazole rings is 1. The van der Waals surface area contributed by atoms with Crippen LogP contribution in [-0.2, 0) is 0 Å². The summed E-state index contributed by atoms with van der Waals surface area (Å²) in [6.45, 7) is 0. The molecule has 0 amide bonds. The van der Waals surface area contributed by atoms with Gasteiger partial charge in [0.2, 0.25) is 5.82 Å². The molecular formula is C17H12Cl2N6. The van der Waals surface area contributed by atoms with Gasteiger partial charge in [-0.25, -0.2) is 0 Å². The minimum Gasteiger partial charge on any atom is -0.262 e. The van der Waals surface area contributed by atoms with Crippen LogP contribution in [0.25, 0.3) is 16.8 Å². The summed E-state index contributed by atoms with van der Waals surface area (Å²) >= 11 is 12.2. The summed E-state index contributed by atoms with van der Waals surface area (Å²) in [6.07, 6.45) is 8.91.